The third kappa shape index (κ3) is 7.51. The number of hydrogen-bond acceptors (Lipinski definition) is 7. The van der Waals surface area contributed by atoms with Crippen molar-refractivity contribution < 1.29 is 27.5 Å². The number of carbonyl (C=O) groups excluding carboxylic acids is 2. The van der Waals surface area contributed by atoms with Crippen LogP contribution in [0.5, 0.6) is 0 Å². The van der Waals surface area contributed by atoms with Gasteiger partial charge in [0.2, 0.25) is 5.91 Å². The molecule has 3 atom stereocenters. The maximum absolute atomic E-state index is 13.5. The summed E-state index contributed by atoms with van der Waals surface area (Å²) in [6.07, 6.45) is 1.50. The van der Waals surface area contributed by atoms with Crippen molar-refractivity contribution >= 4 is 40.3 Å². The number of carbonyl (C=O) groups is 2. The Labute approximate surface area is 225 Å². The van der Waals surface area contributed by atoms with E-state index in [9.17, 15) is 13.8 Å². The summed E-state index contributed by atoms with van der Waals surface area (Å²) in [5.74, 6) is 0.221. The van der Waals surface area contributed by atoms with Crippen LogP contribution in [0, 0.1) is 0 Å². The van der Waals surface area contributed by atoms with Crippen molar-refractivity contribution in [1.82, 2.24) is 15.6 Å². The van der Waals surface area contributed by atoms with Crippen LogP contribution in [0.3, 0.4) is 0 Å². The zero-order valence-electron chi connectivity index (χ0n) is 20.3. The molecule has 2 aromatic carbocycles. The molecule has 0 bridgehead atoms. The number of nitrogens with zero attached hydrogens (tertiary/aromatic N) is 1. The summed E-state index contributed by atoms with van der Waals surface area (Å²) < 4.78 is 32.7. The third-order valence-corrected chi connectivity index (χ3v) is 6.89. The second-order valence-corrected chi connectivity index (χ2v) is 9.81. The van der Waals surface area contributed by atoms with Gasteiger partial charge in [0.25, 0.3) is 11.3 Å². The molecule has 198 valence electrons. The lowest BCUT2D eigenvalue weighted by Gasteiger charge is -2.23. The number of anilines is 1. The van der Waals surface area contributed by atoms with Gasteiger partial charge in [-0.05, 0) is 41.8 Å². The number of benzene rings is 2. The van der Waals surface area contributed by atoms with Gasteiger partial charge >= 0.3 is 6.09 Å². The number of furan rings is 1. The van der Waals surface area contributed by atoms with Gasteiger partial charge in [-0.15, -0.1) is 11.3 Å². The Bertz CT molecular complexity index is 1360. The highest BCUT2D eigenvalue weighted by molar-refractivity contribution is 7.80. The summed E-state index contributed by atoms with van der Waals surface area (Å²) >= 11 is -0.791. The summed E-state index contributed by atoms with van der Waals surface area (Å²) in [5.41, 5.74) is 2.84. The average Bonchev–Trinajstić information content (AvgIpc) is 3.62. The van der Waals surface area contributed by atoms with Crippen molar-refractivity contribution in [3.8, 4) is 10.8 Å². The van der Waals surface area contributed by atoms with Crippen LogP contribution in [0.15, 0.2) is 82.8 Å². The molecule has 0 saturated heterocycles. The molecule has 1 unspecified atom stereocenters. The number of aromatic nitrogens is 1. The lowest BCUT2D eigenvalue weighted by molar-refractivity contribution is -0.123. The first-order valence-electron chi connectivity index (χ1n) is 11.6. The van der Waals surface area contributed by atoms with Crippen molar-refractivity contribution in [2.24, 2.45) is 0 Å². The fourth-order valence-corrected chi connectivity index (χ4v) is 4.94. The van der Waals surface area contributed by atoms with E-state index < -0.39 is 35.4 Å². The predicted octanol–water partition coefficient (Wildman–Crippen LogP) is 4.32. The van der Waals surface area contributed by atoms with Crippen molar-refractivity contribution in [2.45, 2.75) is 24.9 Å². The molecule has 10 nitrogen and oxygen atoms in total. The molecular weight excluding hydrogens is 528 g/mol. The van der Waals surface area contributed by atoms with Crippen LogP contribution in [-0.4, -0.2) is 38.9 Å². The monoisotopic (exact) mass is 554 g/mol. The molecule has 0 saturated carbocycles. The van der Waals surface area contributed by atoms with Gasteiger partial charge in [0.05, 0.1) is 25.1 Å². The minimum Gasteiger partial charge on any atom is -0.462 e. The molecule has 2 amide bonds. The SMILES string of the molecule is COC(=O)N[C@@H](Cc1ccccc1)C(=O)N[C@@H](Cc1ccc(NS(=O)O)cc1)c1csc(-c2ccco2)n1. The van der Waals surface area contributed by atoms with Crippen LogP contribution >= 0.6 is 11.3 Å². The molecule has 4 N–H and O–H groups in total. The van der Waals surface area contributed by atoms with Gasteiger partial charge < -0.3 is 19.8 Å². The first-order chi connectivity index (χ1) is 18.4. The van der Waals surface area contributed by atoms with Crippen LogP contribution in [-0.2, 0) is 33.6 Å². The smallest absolute Gasteiger partial charge is 0.407 e. The summed E-state index contributed by atoms with van der Waals surface area (Å²) in [6, 6.07) is 18.5. The molecule has 2 heterocycles. The summed E-state index contributed by atoms with van der Waals surface area (Å²) in [5, 5.41) is 8.18. The maximum Gasteiger partial charge on any atom is 0.407 e. The van der Waals surface area contributed by atoms with E-state index in [1.54, 1.807) is 36.6 Å². The van der Waals surface area contributed by atoms with E-state index in [2.05, 4.69) is 15.4 Å². The van der Waals surface area contributed by atoms with E-state index in [0.717, 1.165) is 11.1 Å². The number of methoxy groups -OCH3 is 1. The molecule has 0 fully saturated rings. The predicted molar refractivity (Wildman–Crippen MR) is 145 cm³/mol. The average molecular weight is 555 g/mol. The van der Waals surface area contributed by atoms with Gasteiger partial charge in [-0.1, -0.05) is 42.5 Å². The largest absolute Gasteiger partial charge is 0.462 e. The second kappa shape index (κ2) is 13.0. The first-order valence-corrected chi connectivity index (χ1v) is 13.5. The molecule has 0 aliphatic heterocycles. The van der Waals surface area contributed by atoms with Crippen LogP contribution in [0.2, 0.25) is 0 Å². The molecule has 2 aromatic heterocycles. The molecule has 38 heavy (non-hydrogen) atoms. The fraction of sp³-hybridized carbons (Fsp3) is 0.192. The minimum atomic E-state index is -2.18. The molecule has 12 heteroatoms. The van der Waals surface area contributed by atoms with Crippen LogP contribution in [0.4, 0.5) is 10.5 Å². The third-order valence-electron chi connectivity index (χ3n) is 5.60. The Kier molecular flexibility index (Phi) is 9.25. The van der Waals surface area contributed by atoms with Gasteiger partial charge in [-0.3, -0.25) is 14.1 Å². The number of amides is 2. The van der Waals surface area contributed by atoms with Crippen molar-refractivity contribution in [2.75, 3.05) is 11.8 Å². The molecule has 0 aliphatic carbocycles. The molecule has 0 spiro atoms. The van der Waals surface area contributed by atoms with Crippen molar-refractivity contribution in [1.29, 1.82) is 0 Å². The van der Waals surface area contributed by atoms with Crippen LogP contribution < -0.4 is 15.4 Å². The Balaban J connectivity index is 1.58. The van der Waals surface area contributed by atoms with E-state index in [1.807, 2.05) is 41.8 Å². The molecule has 0 aliphatic rings. The van der Waals surface area contributed by atoms with Crippen LogP contribution in [0.25, 0.3) is 10.8 Å². The fourth-order valence-electron chi connectivity index (χ4n) is 3.77. The number of alkyl carbamates (subject to hydrolysis) is 1. The van der Waals surface area contributed by atoms with E-state index in [4.69, 9.17) is 18.7 Å². The number of hydrogen-bond donors (Lipinski definition) is 4. The highest BCUT2D eigenvalue weighted by atomic mass is 32.2. The van der Waals surface area contributed by atoms with E-state index in [0.29, 0.717) is 28.6 Å². The standard InChI is InChI=1S/C26H26N4O6S2/c1-35-26(32)29-21(15-17-6-3-2-4-7-17)24(31)27-20(14-18-9-11-19(12-10-18)30-38(33)34)22-16-37-25(28-22)23-8-5-13-36-23/h2-13,16,20-21,30H,14-15H2,1H3,(H,27,31)(H,29,32)(H,33,34)/t20-,21-/m0/s1. The van der Waals surface area contributed by atoms with Crippen molar-refractivity contribution in [3.63, 3.8) is 0 Å². The lowest BCUT2D eigenvalue weighted by Crippen LogP contribution is -2.49. The topological polar surface area (TPSA) is 143 Å². The number of thiazole rings is 1. The van der Waals surface area contributed by atoms with Crippen molar-refractivity contribution in [3.05, 3.63) is 95.2 Å². The number of ether oxygens (including phenoxy) is 1. The van der Waals surface area contributed by atoms with E-state index in [-0.39, 0.29) is 6.42 Å². The minimum absolute atomic E-state index is 0.266. The lowest BCUT2D eigenvalue weighted by atomic mass is 10.0. The molecule has 4 rings (SSSR count). The summed E-state index contributed by atoms with van der Waals surface area (Å²) in [7, 11) is 1.24. The Morgan fingerprint density at radius 2 is 1.76 bits per heavy atom. The van der Waals surface area contributed by atoms with Gasteiger partial charge in [0.15, 0.2) is 10.8 Å². The van der Waals surface area contributed by atoms with E-state index >= 15 is 0 Å². The van der Waals surface area contributed by atoms with Gasteiger partial charge in [-0.25, -0.2) is 14.0 Å². The Morgan fingerprint density at radius 1 is 1.03 bits per heavy atom. The number of nitrogens with one attached hydrogen (secondary N) is 3. The zero-order valence-corrected chi connectivity index (χ0v) is 22.0. The summed E-state index contributed by atoms with van der Waals surface area (Å²) in [6.45, 7) is 0. The van der Waals surface area contributed by atoms with Gasteiger partial charge in [-0.2, -0.15) is 0 Å². The Hall–Kier alpha value is -4.00. The molecule has 0 radical (unpaired) electrons. The summed E-state index contributed by atoms with van der Waals surface area (Å²) in [4.78, 5) is 30.2. The van der Waals surface area contributed by atoms with Gasteiger partial charge in [0.1, 0.15) is 6.04 Å². The molecular formula is C26H26N4O6S2. The van der Waals surface area contributed by atoms with Gasteiger partial charge in [0, 0.05) is 17.5 Å². The first kappa shape index (κ1) is 27.0. The molecule has 4 aromatic rings. The zero-order chi connectivity index (χ0) is 26.9. The quantitative estimate of drug-likeness (QED) is 0.202. The normalized spacial score (nSPS) is 13.2. The van der Waals surface area contributed by atoms with E-state index in [1.165, 1.54) is 18.4 Å². The maximum atomic E-state index is 13.5. The highest BCUT2D eigenvalue weighted by Gasteiger charge is 2.26. The Morgan fingerprint density at radius 3 is 2.42 bits per heavy atom. The second-order valence-electron chi connectivity index (χ2n) is 8.25. The highest BCUT2D eigenvalue weighted by Crippen LogP contribution is 2.28. The van der Waals surface area contributed by atoms with Crippen LogP contribution in [0.1, 0.15) is 22.9 Å². The number of rotatable bonds is 11.